The molecule has 0 amide bonds. The highest BCUT2D eigenvalue weighted by molar-refractivity contribution is 14.1. The lowest BCUT2D eigenvalue weighted by atomic mass is 10.0. The number of hydrogen-bond acceptors (Lipinski definition) is 0. The van der Waals surface area contributed by atoms with Gasteiger partial charge < -0.3 is 0 Å². The van der Waals surface area contributed by atoms with Gasteiger partial charge in [-0.2, -0.15) is 0 Å². The summed E-state index contributed by atoms with van der Waals surface area (Å²) in [5, 5.41) is 0. The number of alkyl halides is 1. The number of benzene rings is 2. The van der Waals surface area contributed by atoms with Crippen molar-refractivity contribution < 1.29 is 8.78 Å². The van der Waals surface area contributed by atoms with Crippen molar-refractivity contribution in [3.63, 3.8) is 0 Å². The smallest absolute Gasteiger partial charge is 0.130 e. The Hall–Kier alpha value is -0.490. The maximum atomic E-state index is 13.8. The molecule has 4 heteroatoms. The van der Waals surface area contributed by atoms with Gasteiger partial charge in [-0.15, -0.1) is 0 Å². The van der Waals surface area contributed by atoms with E-state index in [1.807, 2.05) is 24.3 Å². The fourth-order valence-corrected chi connectivity index (χ4v) is 2.70. The summed E-state index contributed by atoms with van der Waals surface area (Å²) >= 11 is 5.68. The molecule has 0 saturated heterocycles. The first kappa shape index (κ1) is 13.9. The highest BCUT2D eigenvalue weighted by Crippen LogP contribution is 2.33. The Bertz CT molecular complexity index is 567. The monoisotopic (exact) mass is 422 g/mol. The topological polar surface area (TPSA) is 0 Å². The number of halogens is 4. The predicted octanol–water partition coefficient (Wildman–Crippen LogP) is 5.36. The molecule has 94 valence electrons. The molecule has 0 N–H and O–H groups in total. The Labute approximate surface area is 127 Å². The van der Waals surface area contributed by atoms with Gasteiger partial charge in [-0.25, -0.2) is 8.78 Å². The van der Waals surface area contributed by atoms with Crippen LogP contribution in [0.25, 0.3) is 0 Å². The van der Waals surface area contributed by atoms with Crippen molar-refractivity contribution in [3.05, 3.63) is 68.3 Å². The summed E-state index contributed by atoms with van der Waals surface area (Å²) in [7, 11) is 0. The van der Waals surface area contributed by atoms with Crippen molar-refractivity contribution in [3.8, 4) is 0 Å². The summed E-state index contributed by atoms with van der Waals surface area (Å²) in [6.07, 6.45) is 0. The van der Waals surface area contributed by atoms with Gasteiger partial charge in [0.05, 0.1) is 4.83 Å². The van der Waals surface area contributed by atoms with Crippen molar-refractivity contribution in [2.75, 3.05) is 0 Å². The lowest BCUT2D eigenvalue weighted by Gasteiger charge is -2.13. The van der Waals surface area contributed by atoms with Crippen LogP contribution in [0, 0.1) is 22.1 Å². The van der Waals surface area contributed by atoms with E-state index in [9.17, 15) is 8.78 Å². The third-order valence-electron chi connectivity index (χ3n) is 2.71. The fourth-order valence-electron chi connectivity index (χ4n) is 1.69. The predicted molar refractivity (Wildman–Crippen MR) is 81.0 cm³/mol. The van der Waals surface area contributed by atoms with E-state index in [-0.39, 0.29) is 4.83 Å². The molecular weight excluding hydrogens is 413 g/mol. The van der Waals surface area contributed by atoms with Crippen molar-refractivity contribution in [2.24, 2.45) is 0 Å². The van der Waals surface area contributed by atoms with Crippen LogP contribution in [0.2, 0.25) is 0 Å². The first-order valence-corrected chi connectivity index (χ1v) is 7.33. The maximum absolute atomic E-state index is 13.8. The summed E-state index contributed by atoms with van der Waals surface area (Å²) in [4.78, 5) is -0.270. The Morgan fingerprint density at radius 1 is 1.06 bits per heavy atom. The summed E-state index contributed by atoms with van der Waals surface area (Å²) in [5.41, 5.74) is 1.84. The highest BCUT2D eigenvalue weighted by Gasteiger charge is 2.16. The fraction of sp³-hybridized carbons (Fsp3) is 0.143. The number of rotatable bonds is 2. The minimum absolute atomic E-state index is 0.270. The highest BCUT2D eigenvalue weighted by atomic mass is 127. The third-order valence-corrected chi connectivity index (χ3v) is 4.45. The molecule has 0 saturated carbocycles. The summed E-state index contributed by atoms with van der Waals surface area (Å²) < 4.78 is 28.1. The molecule has 2 aromatic carbocycles. The van der Waals surface area contributed by atoms with Crippen LogP contribution >= 0.6 is 38.5 Å². The van der Waals surface area contributed by atoms with Crippen LogP contribution in [0.5, 0.6) is 0 Å². The minimum Gasteiger partial charge on any atom is -0.207 e. The van der Waals surface area contributed by atoms with E-state index in [1.165, 1.54) is 0 Å². The average molecular weight is 423 g/mol. The second-order valence-electron chi connectivity index (χ2n) is 4.04. The largest absolute Gasteiger partial charge is 0.207 e. The van der Waals surface area contributed by atoms with Gasteiger partial charge in [0.2, 0.25) is 0 Å². The lowest BCUT2D eigenvalue weighted by Crippen LogP contribution is -1.99. The maximum Gasteiger partial charge on any atom is 0.130 e. The summed E-state index contributed by atoms with van der Waals surface area (Å²) in [6, 6.07) is 10.3. The van der Waals surface area contributed by atoms with Gasteiger partial charge >= 0.3 is 0 Å². The van der Waals surface area contributed by atoms with Crippen LogP contribution in [-0.4, -0.2) is 0 Å². The Morgan fingerprint density at radius 3 is 2.28 bits per heavy atom. The molecule has 0 heterocycles. The molecule has 0 aliphatic heterocycles. The molecular formula is C14H10BrF2I. The van der Waals surface area contributed by atoms with E-state index in [4.69, 9.17) is 0 Å². The standard InChI is InChI=1S/C14H10BrF2I/c1-8-6-11(13(17)7-12(8)16)14(15)9-2-4-10(18)5-3-9/h2-7,14H,1H3. The van der Waals surface area contributed by atoms with Crippen LogP contribution < -0.4 is 0 Å². The molecule has 0 spiro atoms. The van der Waals surface area contributed by atoms with Gasteiger partial charge in [0.25, 0.3) is 0 Å². The second kappa shape index (κ2) is 5.65. The van der Waals surface area contributed by atoms with E-state index in [0.29, 0.717) is 11.1 Å². The van der Waals surface area contributed by atoms with Gasteiger partial charge in [-0.05, 0) is 58.8 Å². The van der Waals surface area contributed by atoms with E-state index in [2.05, 4.69) is 38.5 Å². The zero-order valence-electron chi connectivity index (χ0n) is 9.55. The molecule has 0 aromatic heterocycles. The van der Waals surface area contributed by atoms with Crippen LogP contribution in [0.15, 0.2) is 36.4 Å². The van der Waals surface area contributed by atoms with E-state index < -0.39 is 11.6 Å². The number of aryl methyl sites for hydroxylation is 1. The lowest BCUT2D eigenvalue weighted by molar-refractivity contribution is 0.569. The quantitative estimate of drug-likeness (QED) is 0.451. The molecule has 0 bridgehead atoms. The average Bonchev–Trinajstić information content (AvgIpc) is 2.34. The third kappa shape index (κ3) is 2.91. The molecule has 0 radical (unpaired) electrons. The molecule has 18 heavy (non-hydrogen) atoms. The molecule has 0 nitrogen and oxygen atoms in total. The van der Waals surface area contributed by atoms with Gasteiger partial charge in [-0.1, -0.05) is 28.1 Å². The number of hydrogen-bond donors (Lipinski definition) is 0. The molecule has 1 atom stereocenters. The first-order valence-electron chi connectivity index (χ1n) is 5.34. The van der Waals surface area contributed by atoms with Gasteiger partial charge in [-0.3, -0.25) is 0 Å². The van der Waals surface area contributed by atoms with Crippen molar-refractivity contribution in [1.82, 2.24) is 0 Å². The SMILES string of the molecule is Cc1cc(C(Br)c2ccc(I)cc2)c(F)cc1F. The zero-order valence-corrected chi connectivity index (χ0v) is 13.3. The van der Waals surface area contributed by atoms with E-state index >= 15 is 0 Å². The molecule has 0 aliphatic carbocycles. The van der Waals surface area contributed by atoms with Gasteiger partial charge in [0, 0.05) is 15.2 Å². The minimum atomic E-state index is -0.529. The van der Waals surface area contributed by atoms with Crippen LogP contribution in [0.4, 0.5) is 8.78 Å². The summed E-state index contributed by atoms with van der Waals surface area (Å²) in [5.74, 6) is -1.04. The Morgan fingerprint density at radius 2 is 1.67 bits per heavy atom. The normalized spacial score (nSPS) is 12.5. The molecule has 1 unspecified atom stereocenters. The second-order valence-corrected chi connectivity index (χ2v) is 6.20. The van der Waals surface area contributed by atoms with E-state index in [0.717, 1.165) is 15.2 Å². The summed E-state index contributed by atoms with van der Waals surface area (Å²) in [6.45, 7) is 1.63. The van der Waals surface area contributed by atoms with Gasteiger partial charge in [0.1, 0.15) is 11.6 Å². The van der Waals surface area contributed by atoms with Gasteiger partial charge in [0.15, 0.2) is 0 Å². The first-order chi connectivity index (χ1) is 8.49. The van der Waals surface area contributed by atoms with Crippen molar-refractivity contribution in [2.45, 2.75) is 11.8 Å². The molecule has 2 aromatic rings. The zero-order chi connectivity index (χ0) is 13.3. The Balaban J connectivity index is 2.42. The van der Waals surface area contributed by atoms with Crippen LogP contribution in [-0.2, 0) is 0 Å². The van der Waals surface area contributed by atoms with Crippen molar-refractivity contribution >= 4 is 38.5 Å². The van der Waals surface area contributed by atoms with Crippen LogP contribution in [0.1, 0.15) is 21.5 Å². The molecule has 0 fully saturated rings. The molecule has 2 rings (SSSR count). The molecule has 0 aliphatic rings. The Kier molecular flexibility index (Phi) is 4.37. The van der Waals surface area contributed by atoms with Crippen molar-refractivity contribution in [1.29, 1.82) is 0 Å². The van der Waals surface area contributed by atoms with E-state index in [1.54, 1.807) is 13.0 Å². The van der Waals surface area contributed by atoms with Crippen LogP contribution in [0.3, 0.4) is 0 Å².